The van der Waals surface area contributed by atoms with E-state index in [1.165, 1.54) is 6.33 Å². The molecule has 0 saturated heterocycles. The fourth-order valence-corrected chi connectivity index (χ4v) is 1.44. The van der Waals surface area contributed by atoms with Gasteiger partial charge in [-0.1, -0.05) is 34.6 Å². The highest BCUT2D eigenvalue weighted by Crippen LogP contribution is 2.27. The van der Waals surface area contributed by atoms with E-state index in [9.17, 15) is 0 Å². The molecule has 1 aromatic heterocycles. The number of nitrogens with two attached hydrogens (primary N) is 1. The number of nitrogens with one attached hydrogen (secondary N) is 1. The third-order valence-electron chi connectivity index (χ3n) is 3.61. The minimum atomic E-state index is 0.227. The molecular formula is C13H24N4. The van der Waals surface area contributed by atoms with Gasteiger partial charge in [0.2, 0.25) is 0 Å². The van der Waals surface area contributed by atoms with Crippen molar-refractivity contribution in [2.45, 2.75) is 41.0 Å². The number of hydrogen-bond acceptors (Lipinski definition) is 4. The molecule has 0 unspecified atom stereocenters. The normalized spacial score (nSPS) is 11.9. The molecule has 1 heterocycles. The van der Waals surface area contributed by atoms with Crippen LogP contribution in [0.25, 0.3) is 0 Å². The van der Waals surface area contributed by atoms with Gasteiger partial charge in [0, 0.05) is 12.1 Å². The summed E-state index contributed by atoms with van der Waals surface area (Å²) >= 11 is 0. The van der Waals surface area contributed by atoms with Crippen molar-refractivity contribution in [3.8, 4) is 0 Å². The zero-order valence-corrected chi connectivity index (χ0v) is 11.5. The van der Waals surface area contributed by atoms with Crippen LogP contribution in [0.2, 0.25) is 0 Å². The number of anilines is 2. The van der Waals surface area contributed by atoms with Crippen LogP contribution in [0.4, 0.5) is 11.6 Å². The molecule has 0 saturated carbocycles. The molecule has 0 spiro atoms. The van der Waals surface area contributed by atoms with Gasteiger partial charge < -0.3 is 11.1 Å². The van der Waals surface area contributed by atoms with Crippen LogP contribution in [-0.2, 0) is 6.42 Å². The summed E-state index contributed by atoms with van der Waals surface area (Å²) in [5.41, 5.74) is 7.07. The topological polar surface area (TPSA) is 63.8 Å². The highest BCUT2D eigenvalue weighted by Gasteiger charge is 2.22. The average Bonchev–Trinajstić information content (AvgIpc) is 2.26. The van der Waals surface area contributed by atoms with Gasteiger partial charge in [-0.2, -0.15) is 0 Å². The summed E-state index contributed by atoms with van der Waals surface area (Å²) in [5.74, 6) is 2.06. The van der Waals surface area contributed by atoms with E-state index in [-0.39, 0.29) is 5.41 Å². The van der Waals surface area contributed by atoms with Crippen LogP contribution in [0.15, 0.2) is 6.33 Å². The van der Waals surface area contributed by atoms with Gasteiger partial charge in [0.25, 0.3) is 0 Å². The molecule has 1 aromatic rings. The fraction of sp³-hybridized carbons (Fsp3) is 0.692. The molecule has 1 rings (SSSR count). The molecule has 3 N–H and O–H groups in total. The molecule has 0 aliphatic carbocycles. The van der Waals surface area contributed by atoms with Crippen LogP contribution in [0.3, 0.4) is 0 Å². The number of rotatable bonds is 5. The third-order valence-corrected chi connectivity index (χ3v) is 3.61. The van der Waals surface area contributed by atoms with E-state index in [1.807, 2.05) is 0 Å². The molecule has 4 nitrogen and oxygen atoms in total. The average molecular weight is 236 g/mol. The maximum atomic E-state index is 5.84. The van der Waals surface area contributed by atoms with Gasteiger partial charge in [-0.05, 0) is 17.8 Å². The number of hydrogen-bond donors (Lipinski definition) is 2. The zero-order chi connectivity index (χ0) is 13.1. The van der Waals surface area contributed by atoms with Crippen molar-refractivity contribution >= 4 is 11.6 Å². The Kier molecular flexibility index (Phi) is 4.32. The zero-order valence-electron chi connectivity index (χ0n) is 11.5. The Morgan fingerprint density at radius 3 is 2.53 bits per heavy atom. The lowest BCUT2D eigenvalue weighted by Crippen LogP contribution is -2.29. The van der Waals surface area contributed by atoms with Gasteiger partial charge in [0.1, 0.15) is 18.0 Å². The lowest BCUT2D eigenvalue weighted by molar-refractivity contribution is 0.269. The Morgan fingerprint density at radius 1 is 1.35 bits per heavy atom. The molecule has 0 radical (unpaired) electrons. The molecule has 0 bridgehead atoms. The standard InChI is InChI=1S/C13H24N4/c1-6-10-11(14)16-8-17-12(10)15-7-13(4,5)9(2)3/h8-9H,6-7H2,1-5H3,(H3,14,15,16,17). The van der Waals surface area contributed by atoms with Gasteiger partial charge in [-0.25, -0.2) is 9.97 Å². The second-order valence-electron chi connectivity index (χ2n) is 5.44. The minimum Gasteiger partial charge on any atom is -0.383 e. The van der Waals surface area contributed by atoms with Gasteiger partial charge in [0.05, 0.1) is 0 Å². The van der Waals surface area contributed by atoms with E-state index < -0.39 is 0 Å². The van der Waals surface area contributed by atoms with Crippen molar-refractivity contribution < 1.29 is 0 Å². The first kappa shape index (κ1) is 13.7. The highest BCUT2D eigenvalue weighted by atomic mass is 15.0. The van der Waals surface area contributed by atoms with Crippen LogP contribution in [0, 0.1) is 11.3 Å². The Morgan fingerprint density at radius 2 is 2.00 bits per heavy atom. The maximum Gasteiger partial charge on any atom is 0.134 e. The summed E-state index contributed by atoms with van der Waals surface area (Å²) in [5, 5.41) is 3.40. The molecular weight excluding hydrogens is 212 g/mol. The van der Waals surface area contributed by atoms with Crippen LogP contribution >= 0.6 is 0 Å². The van der Waals surface area contributed by atoms with E-state index in [0.29, 0.717) is 11.7 Å². The summed E-state index contributed by atoms with van der Waals surface area (Å²) in [6, 6.07) is 0. The summed E-state index contributed by atoms with van der Waals surface area (Å²) in [4.78, 5) is 8.29. The predicted molar refractivity (Wildman–Crippen MR) is 72.9 cm³/mol. The fourth-order valence-electron chi connectivity index (χ4n) is 1.44. The van der Waals surface area contributed by atoms with Crippen molar-refractivity contribution in [3.63, 3.8) is 0 Å². The first-order valence-electron chi connectivity index (χ1n) is 6.21. The van der Waals surface area contributed by atoms with E-state index >= 15 is 0 Å². The molecule has 4 heteroatoms. The SMILES string of the molecule is CCc1c(N)ncnc1NCC(C)(C)C(C)C. The lowest BCUT2D eigenvalue weighted by atomic mass is 9.81. The van der Waals surface area contributed by atoms with Crippen LogP contribution in [-0.4, -0.2) is 16.5 Å². The molecule has 0 aliphatic rings. The molecule has 0 amide bonds. The van der Waals surface area contributed by atoms with Gasteiger partial charge in [-0.3, -0.25) is 0 Å². The first-order valence-corrected chi connectivity index (χ1v) is 6.21. The number of nitrogen functional groups attached to an aromatic ring is 1. The van der Waals surface area contributed by atoms with E-state index in [2.05, 4.69) is 49.9 Å². The van der Waals surface area contributed by atoms with Crippen LogP contribution < -0.4 is 11.1 Å². The second kappa shape index (κ2) is 5.34. The van der Waals surface area contributed by atoms with Crippen molar-refractivity contribution in [3.05, 3.63) is 11.9 Å². The predicted octanol–water partition coefficient (Wildman–Crippen LogP) is 2.72. The highest BCUT2D eigenvalue weighted by molar-refractivity contribution is 5.54. The van der Waals surface area contributed by atoms with Gasteiger partial charge >= 0.3 is 0 Å². The molecule has 17 heavy (non-hydrogen) atoms. The van der Waals surface area contributed by atoms with Gasteiger partial charge in [-0.15, -0.1) is 0 Å². The molecule has 0 aromatic carbocycles. The Hall–Kier alpha value is -1.32. The molecule has 0 atom stereocenters. The van der Waals surface area contributed by atoms with Crippen molar-refractivity contribution in [2.75, 3.05) is 17.6 Å². The summed E-state index contributed by atoms with van der Waals surface area (Å²) < 4.78 is 0. The Balaban J connectivity index is 2.79. The van der Waals surface area contributed by atoms with Gasteiger partial charge in [0.15, 0.2) is 0 Å². The first-order chi connectivity index (χ1) is 7.88. The lowest BCUT2D eigenvalue weighted by Gasteiger charge is -2.30. The largest absolute Gasteiger partial charge is 0.383 e. The number of aromatic nitrogens is 2. The molecule has 0 aliphatic heterocycles. The van der Waals surface area contributed by atoms with E-state index in [4.69, 9.17) is 5.73 Å². The molecule has 96 valence electrons. The Labute approximate surface area is 104 Å². The van der Waals surface area contributed by atoms with Crippen molar-refractivity contribution in [2.24, 2.45) is 11.3 Å². The van der Waals surface area contributed by atoms with Crippen LogP contribution in [0.5, 0.6) is 0 Å². The van der Waals surface area contributed by atoms with Crippen molar-refractivity contribution in [1.82, 2.24) is 9.97 Å². The Bertz CT molecular complexity index is 372. The smallest absolute Gasteiger partial charge is 0.134 e. The summed E-state index contributed by atoms with van der Waals surface area (Å²) in [6.45, 7) is 11.9. The van der Waals surface area contributed by atoms with Crippen molar-refractivity contribution in [1.29, 1.82) is 0 Å². The van der Waals surface area contributed by atoms with E-state index in [0.717, 1.165) is 24.3 Å². The summed E-state index contributed by atoms with van der Waals surface area (Å²) in [7, 11) is 0. The quantitative estimate of drug-likeness (QED) is 0.825. The second-order valence-corrected chi connectivity index (χ2v) is 5.44. The number of nitrogens with zero attached hydrogens (tertiary/aromatic N) is 2. The van der Waals surface area contributed by atoms with Crippen LogP contribution in [0.1, 0.15) is 40.2 Å². The van der Waals surface area contributed by atoms with E-state index in [1.54, 1.807) is 0 Å². The maximum absolute atomic E-state index is 5.84. The monoisotopic (exact) mass is 236 g/mol. The molecule has 0 fully saturated rings. The third kappa shape index (κ3) is 3.32. The minimum absolute atomic E-state index is 0.227. The summed E-state index contributed by atoms with van der Waals surface area (Å²) in [6.07, 6.45) is 2.36.